The lowest BCUT2D eigenvalue weighted by Gasteiger charge is -2.10. The second kappa shape index (κ2) is 6.29. The van der Waals surface area contributed by atoms with Gasteiger partial charge < -0.3 is 5.32 Å². The largest absolute Gasteiger partial charge is 0.319 e. The standard InChI is InChI=1S/C12H11Br2N5O/c1-6-5-9(17-12(16-6)19-15)11(20)18-10-7(13)3-2-4-8(10)14/h2-5H,15H2,1H3,(H,18,20)(H,16,17,19). The van der Waals surface area contributed by atoms with Crippen LogP contribution in [0.1, 0.15) is 16.2 Å². The molecular formula is C12H11Br2N5O. The van der Waals surface area contributed by atoms with Crippen molar-refractivity contribution in [2.45, 2.75) is 6.92 Å². The van der Waals surface area contributed by atoms with E-state index < -0.39 is 0 Å². The first-order valence-corrected chi connectivity index (χ1v) is 7.17. The maximum Gasteiger partial charge on any atom is 0.274 e. The third-order valence-electron chi connectivity index (χ3n) is 2.42. The van der Waals surface area contributed by atoms with E-state index in [9.17, 15) is 4.79 Å². The summed E-state index contributed by atoms with van der Waals surface area (Å²) in [6.45, 7) is 1.76. The van der Waals surface area contributed by atoms with Crippen LogP contribution in [0.25, 0.3) is 0 Å². The van der Waals surface area contributed by atoms with Crippen LogP contribution in [0.4, 0.5) is 11.6 Å². The zero-order valence-corrected chi connectivity index (χ0v) is 13.6. The summed E-state index contributed by atoms with van der Waals surface area (Å²) in [5.74, 6) is 5.11. The normalized spacial score (nSPS) is 10.2. The van der Waals surface area contributed by atoms with Gasteiger partial charge in [-0.1, -0.05) is 6.07 Å². The van der Waals surface area contributed by atoms with E-state index in [1.54, 1.807) is 13.0 Å². The van der Waals surface area contributed by atoms with Crippen LogP contribution in [0.15, 0.2) is 33.2 Å². The Labute approximate surface area is 132 Å². The number of anilines is 2. The van der Waals surface area contributed by atoms with Crippen molar-refractivity contribution in [1.29, 1.82) is 0 Å². The van der Waals surface area contributed by atoms with Crippen molar-refractivity contribution in [1.82, 2.24) is 9.97 Å². The molecule has 1 aromatic carbocycles. The van der Waals surface area contributed by atoms with E-state index in [2.05, 4.69) is 52.6 Å². The van der Waals surface area contributed by atoms with Crippen molar-refractivity contribution in [2.75, 3.05) is 10.7 Å². The van der Waals surface area contributed by atoms with Crippen LogP contribution in [0.5, 0.6) is 0 Å². The lowest BCUT2D eigenvalue weighted by atomic mass is 10.3. The minimum atomic E-state index is -0.348. The number of rotatable bonds is 3. The third-order valence-corrected chi connectivity index (χ3v) is 3.74. The summed E-state index contributed by atoms with van der Waals surface area (Å²) in [7, 11) is 0. The molecule has 0 bridgehead atoms. The van der Waals surface area contributed by atoms with Gasteiger partial charge >= 0.3 is 0 Å². The van der Waals surface area contributed by atoms with Crippen molar-refractivity contribution in [3.63, 3.8) is 0 Å². The molecule has 0 aliphatic rings. The Morgan fingerprint density at radius 1 is 1.25 bits per heavy atom. The molecule has 1 aromatic heterocycles. The van der Waals surface area contributed by atoms with Gasteiger partial charge in [0.25, 0.3) is 5.91 Å². The molecule has 20 heavy (non-hydrogen) atoms. The molecule has 2 rings (SSSR count). The number of hydrazine groups is 1. The Kier molecular flexibility index (Phi) is 4.69. The predicted octanol–water partition coefficient (Wildman–Crippen LogP) is 2.85. The molecule has 0 unspecified atom stereocenters. The molecule has 0 fully saturated rings. The van der Waals surface area contributed by atoms with E-state index in [4.69, 9.17) is 5.84 Å². The van der Waals surface area contributed by atoms with E-state index in [-0.39, 0.29) is 17.5 Å². The Balaban J connectivity index is 2.31. The maximum absolute atomic E-state index is 12.2. The fraction of sp³-hybridized carbons (Fsp3) is 0.0833. The average molecular weight is 401 g/mol. The summed E-state index contributed by atoms with van der Waals surface area (Å²) in [6.07, 6.45) is 0. The van der Waals surface area contributed by atoms with E-state index in [1.807, 2.05) is 18.2 Å². The SMILES string of the molecule is Cc1cc(C(=O)Nc2c(Br)cccc2Br)nc(NN)n1. The van der Waals surface area contributed by atoms with Gasteiger partial charge in [-0.05, 0) is 57.0 Å². The van der Waals surface area contributed by atoms with Gasteiger partial charge in [0.1, 0.15) is 5.69 Å². The molecule has 8 heteroatoms. The van der Waals surface area contributed by atoms with Crippen molar-refractivity contribution in [3.05, 3.63) is 44.6 Å². The summed E-state index contributed by atoms with van der Waals surface area (Å²) in [5, 5.41) is 2.78. The van der Waals surface area contributed by atoms with Crippen molar-refractivity contribution < 1.29 is 4.79 Å². The topological polar surface area (TPSA) is 92.9 Å². The van der Waals surface area contributed by atoms with E-state index in [0.717, 1.165) is 8.95 Å². The number of nitrogens with one attached hydrogen (secondary N) is 2. The summed E-state index contributed by atoms with van der Waals surface area (Å²) in [6, 6.07) is 7.10. The fourth-order valence-electron chi connectivity index (χ4n) is 1.54. The molecule has 0 spiro atoms. The number of carbonyl (C=O) groups is 1. The number of para-hydroxylation sites is 1. The van der Waals surface area contributed by atoms with Gasteiger partial charge in [0.2, 0.25) is 5.95 Å². The molecule has 0 aliphatic heterocycles. The number of amides is 1. The molecule has 0 saturated heterocycles. The minimum Gasteiger partial charge on any atom is -0.319 e. The first-order valence-electron chi connectivity index (χ1n) is 5.59. The average Bonchev–Trinajstić information content (AvgIpc) is 2.42. The lowest BCUT2D eigenvalue weighted by Crippen LogP contribution is -2.18. The van der Waals surface area contributed by atoms with Crippen LogP contribution in [0.2, 0.25) is 0 Å². The molecule has 1 amide bonds. The highest BCUT2D eigenvalue weighted by Crippen LogP contribution is 2.30. The maximum atomic E-state index is 12.2. The first-order chi connectivity index (χ1) is 9.51. The summed E-state index contributed by atoms with van der Waals surface area (Å²) < 4.78 is 1.53. The van der Waals surface area contributed by atoms with Gasteiger partial charge in [-0.2, -0.15) is 0 Å². The van der Waals surface area contributed by atoms with Crippen LogP contribution in [0, 0.1) is 6.92 Å². The molecule has 0 aliphatic carbocycles. The number of halogens is 2. The molecule has 104 valence electrons. The Hall–Kier alpha value is -1.51. The summed E-state index contributed by atoms with van der Waals surface area (Å²) in [5.41, 5.74) is 3.84. The Morgan fingerprint density at radius 3 is 2.50 bits per heavy atom. The van der Waals surface area contributed by atoms with Gasteiger partial charge in [0, 0.05) is 14.6 Å². The zero-order chi connectivity index (χ0) is 14.7. The molecule has 1 heterocycles. The highest BCUT2D eigenvalue weighted by molar-refractivity contribution is 9.11. The van der Waals surface area contributed by atoms with Crippen molar-refractivity contribution in [2.24, 2.45) is 5.84 Å². The smallest absolute Gasteiger partial charge is 0.274 e. The van der Waals surface area contributed by atoms with Crippen LogP contribution >= 0.6 is 31.9 Å². The molecule has 0 saturated carbocycles. The van der Waals surface area contributed by atoms with Crippen molar-refractivity contribution in [3.8, 4) is 0 Å². The molecular weight excluding hydrogens is 390 g/mol. The van der Waals surface area contributed by atoms with Gasteiger partial charge in [-0.25, -0.2) is 15.8 Å². The Bertz CT molecular complexity index is 642. The predicted molar refractivity (Wildman–Crippen MR) is 84.4 cm³/mol. The fourth-order valence-corrected chi connectivity index (χ4v) is 2.74. The van der Waals surface area contributed by atoms with Gasteiger partial charge in [-0.15, -0.1) is 0 Å². The number of hydrogen-bond donors (Lipinski definition) is 3. The van der Waals surface area contributed by atoms with Crippen LogP contribution < -0.4 is 16.6 Å². The minimum absolute atomic E-state index is 0.196. The van der Waals surface area contributed by atoms with Crippen LogP contribution in [0.3, 0.4) is 0 Å². The number of nitrogens with zero attached hydrogens (tertiary/aromatic N) is 2. The number of benzene rings is 1. The second-order valence-electron chi connectivity index (χ2n) is 3.91. The molecule has 2 aromatic rings. The number of aromatic nitrogens is 2. The highest BCUT2D eigenvalue weighted by Gasteiger charge is 2.13. The number of nitrogens with two attached hydrogens (primary N) is 1. The van der Waals surface area contributed by atoms with Crippen LogP contribution in [-0.4, -0.2) is 15.9 Å². The van der Waals surface area contributed by atoms with Crippen molar-refractivity contribution >= 4 is 49.4 Å². The Morgan fingerprint density at radius 2 is 1.90 bits per heavy atom. The first kappa shape index (κ1) is 14.9. The van der Waals surface area contributed by atoms with E-state index in [0.29, 0.717) is 11.4 Å². The van der Waals surface area contributed by atoms with Gasteiger partial charge in [0.15, 0.2) is 0 Å². The third kappa shape index (κ3) is 3.33. The van der Waals surface area contributed by atoms with E-state index >= 15 is 0 Å². The quantitative estimate of drug-likeness (QED) is 0.544. The van der Waals surface area contributed by atoms with E-state index in [1.165, 1.54) is 0 Å². The molecule has 0 radical (unpaired) electrons. The summed E-state index contributed by atoms with van der Waals surface area (Å²) in [4.78, 5) is 20.3. The zero-order valence-electron chi connectivity index (χ0n) is 10.4. The second-order valence-corrected chi connectivity index (χ2v) is 5.62. The van der Waals surface area contributed by atoms with Crippen LogP contribution in [-0.2, 0) is 0 Å². The number of nitrogen functional groups attached to an aromatic ring is 1. The van der Waals surface area contributed by atoms with Gasteiger partial charge in [0.05, 0.1) is 5.69 Å². The van der Waals surface area contributed by atoms with Gasteiger partial charge in [-0.3, -0.25) is 10.2 Å². The monoisotopic (exact) mass is 399 g/mol. The molecule has 6 nitrogen and oxygen atoms in total. The number of aryl methyl sites for hydroxylation is 1. The number of carbonyl (C=O) groups excluding carboxylic acids is 1. The molecule has 4 N–H and O–H groups in total. The summed E-state index contributed by atoms with van der Waals surface area (Å²) >= 11 is 6.76. The highest BCUT2D eigenvalue weighted by atomic mass is 79.9. The lowest BCUT2D eigenvalue weighted by molar-refractivity contribution is 0.102. The molecule has 0 atom stereocenters. The number of hydrogen-bond acceptors (Lipinski definition) is 5.